The molecule has 5 nitrogen and oxygen atoms in total. The first-order chi connectivity index (χ1) is 12.4. The molecule has 1 atom stereocenters. The molecule has 0 spiro atoms. The van der Waals surface area contributed by atoms with Gasteiger partial charge in [0, 0.05) is 19.6 Å². The lowest BCUT2D eigenvalue weighted by atomic mass is 9.90. The second kappa shape index (κ2) is 7.64. The number of carbonyl (C=O) groups excluding carboxylic acids is 1. The number of amides is 1. The van der Waals surface area contributed by atoms with Crippen LogP contribution in [0.3, 0.4) is 0 Å². The molecular weight excluding hydrogens is 328 g/mol. The predicted molar refractivity (Wildman–Crippen MR) is 101 cm³/mol. The molecule has 2 heterocycles. The number of aryl methyl sites for hydroxylation is 2. The molecule has 0 bridgehead atoms. The van der Waals surface area contributed by atoms with Gasteiger partial charge in [-0.2, -0.15) is 0 Å². The molecule has 0 radical (unpaired) electrons. The molecule has 1 aliphatic heterocycles. The zero-order valence-corrected chi connectivity index (χ0v) is 15.9. The molecule has 2 aromatic rings. The minimum Gasteiger partial charge on any atom is -0.465 e. The van der Waals surface area contributed by atoms with Crippen molar-refractivity contribution in [2.24, 2.45) is 0 Å². The maximum Gasteiger partial charge on any atom is 0.256 e. The highest BCUT2D eigenvalue weighted by atomic mass is 16.3. The van der Waals surface area contributed by atoms with Gasteiger partial charge in [0.25, 0.3) is 5.91 Å². The van der Waals surface area contributed by atoms with Crippen molar-refractivity contribution in [1.29, 1.82) is 0 Å². The third-order valence-electron chi connectivity index (χ3n) is 4.91. The van der Waals surface area contributed by atoms with Gasteiger partial charge in [-0.25, -0.2) is 0 Å². The Kier molecular flexibility index (Phi) is 5.49. The molecule has 1 aliphatic rings. The number of rotatable bonds is 6. The van der Waals surface area contributed by atoms with Crippen molar-refractivity contribution in [3.8, 4) is 0 Å². The molecular formula is C21H28N2O3. The third kappa shape index (κ3) is 4.34. The Balaban J connectivity index is 1.65. The maximum absolute atomic E-state index is 13.0. The number of likely N-dealkylation sites (N-methyl/N-ethyl adjacent to an activating group) is 1. The molecule has 1 amide bonds. The smallest absolute Gasteiger partial charge is 0.256 e. The van der Waals surface area contributed by atoms with Gasteiger partial charge < -0.3 is 14.4 Å². The SMILES string of the molecule is Cc1cccc(CN2CCC[C@](O)(CN(C)Cc3ccc(C)o3)C2=O)c1. The van der Waals surface area contributed by atoms with Crippen molar-refractivity contribution >= 4 is 5.91 Å². The summed E-state index contributed by atoms with van der Waals surface area (Å²) < 4.78 is 5.60. The Hall–Kier alpha value is -2.11. The van der Waals surface area contributed by atoms with Crippen LogP contribution < -0.4 is 0 Å². The molecule has 1 aromatic heterocycles. The average molecular weight is 356 g/mol. The van der Waals surface area contributed by atoms with E-state index in [-0.39, 0.29) is 5.91 Å². The summed E-state index contributed by atoms with van der Waals surface area (Å²) in [5, 5.41) is 11.0. The number of aliphatic hydroxyl groups is 1. The summed E-state index contributed by atoms with van der Waals surface area (Å²) in [6, 6.07) is 12.0. The van der Waals surface area contributed by atoms with Crippen molar-refractivity contribution in [2.45, 2.75) is 45.4 Å². The molecule has 0 aliphatic carbocycles. The fourth-order valence-electron chi connectivity index (χ4n) is 3.73. The fourth-order valence-corrected chi connectivity index (χ4v) is 3.73. The van der Waals surface area contributed by atoms with E-state index >= 15 is 0 Å². The van der Waals surface area contributed by atoms with Gasteiger partial charge in [-0.1, -0.05) is 29.8 Å². The minimum absolute atomic E-state index is 0.173. The first kappa shape index (κ1) is 18.7. The number of likely N-dealkylation sites (tertiary alicyclic amines) is 1. The first-order valence-corrected chi connectivity index (χ1v) is 9.17. The Morgan fingerprint density at radius 3 is 2.77 bits per heavy atom. The molecule has 1 aromatic carbocycles. The third-order valence-corrected chi connectivity index (χ3v) is 4.91. The normalized spacial score (nSPS) is 20.8. The standard InChI is InChI=1S/C21H28N2O3/c1-16-6-4-7-18(12-16)13-23-11-5-10-21(25,20(23)24)15-22(3)14-19-9-8-17(2)26-19/h4,6-9,12,25H,5,10-11,13-15H2,1-3H3/t21-/m0/s1. The quantitative estimate of drug-likeness (QED) is 0.865. The van der Waals surface area contributed by atoms with Gasteiger partial charge in [-0.3, -0.25) is 9.69 Å². The van der Waals surface area contributed by atoms with Crippen LogP contribution in [-0.4, -0.2) is 46.6 Å². The number of hydrogen-bond donors (Lipinski definition) is 1. The van der Waals surface area contributed by atoms with Crippen molar-refractivity contribution in [1.82, 2.24) is 9.80 Å². The van der Waals surface area contributed by atoms with Gasteiger partial charge in [0.05, 0.1) is 6.54 Å². The van der Waals surface area contributed by atoms with Crippen LogP contribution in [0.1, 0.15) is 35.5 Å². The maximum atomic E-state index is 13.0. The zero-order chi connectivity index (χ0) is 18.7. The molecule has 1 saturated heterocycles. The highest BCUT2D eigenvalue weighted by molar-refractivity contribution is 5.86. The lowest BCUT2D eigenvalue weighted by molar-refractivity contribution is -0.160. The Morgan fingerprint density at radius 2 is 2.08 bits per heavy atom. The van der Waals surface area contributed by atoms with Crippen molar-refractivity contribution in [2.75, 3.05) is 20.1 Å². The van der Waals surface area contributed by atoms with Crippen molar-refractivity contribution < 1.29 is 14.3 Å². The van der Waals surface area contributed by atoms with Gasteiger partial charge in [-0.15, -0.1) is 0 Å². The van der Waals surface area contributed by atoms with Gasteiger partial charge in [0.15, 0.2) is 5.60 Å². The van der Waals surface area contributed by atoms with E-state index < -0.39 is 5.60 Å². The van der Waals surface area contributed by atoms with Gasteiger partial charge in [0.1, 0.15) is 11.5 Å². The van der Waals surface area contributed by atoms with Crippen molar-refractivity contribution in [3.63, 3.8) is 0 Å². The van der Waals surface area contributed by atoms with Crippen LogP contribution in [0, 0.1) is 13.8 Å². The Morgan fingerprint density at radius 1 is 1.27 bits per heavy atom. The van der Waals surface area contributed by atoms with Crippen LogP contribution >= 0.6 is 0 Å². The Bertz CT molecular complexity index is 770. The zero-order valence-electron chi connectivity index (χ0n) is 15.9. The van der Waals surface area contributed by atoms with E-state index in [2.05, 4.69) is 6.07 Å². The molecule has 1 fully saturated rings. The van der Waals surface area contributed by atoms with E-state index in [1.807, 2.05) is 56.1 Å². The highest BCUT2D eigenvalue weighted by Gasteiger charge is 2.42. The first-order valence-electron chi connectivity index (χ1n) is 9.17. The summed E-state index contributed by atoms with van der Waals surface area (Å²) in [5.41, 5.74) is 0.941. The number of benzene rings is 1. The molecule has 140 valence electrons. The van der Waals surface area contributed by atoms with E-state index in [9.17, 15) is 9.90 Å². The van der Waals surface area contributed by atoms with Crippen LogP contribution in [0.15, 0.2) is 40.8 Å². The van der Waals surface area contributed by atoms with E-state index in [1.54, 1.807) is 4.90 Å². The summed E-state index contributed by atoms with van der Waals surface area (Å²) in [5.74, 6) is 1.53. The summed E-state index contributed by atoms with van der Waals surface area (Å²) in [4.78, 5) is 16.7. The topological polar surface area (TPSA) is 56.9 Å². The number of hydrogen-bond acceptors (Lipinski definition) is 4. The molecule has 1 N–H and O–H groups in total. The largest absolute Gasteiger partial charge is 0.465 e. The molecule has 26 heavy (non-hydrogen) atoms. The molecule has 3 rings (SSSR count). The van der Waals surface area contributed by atoms with E-state index in [1.165, 1.54) is 5.56 Å². The van der Waals surface area contributed by atoms with Crippen LogP contribution in [-0.2, 0) is 17.9 Å². The summed E-state index contributed by atoms with van der Waals surface area (Å²) in [6.07, 6.45) is 1.30. The number of nitrogens with zero attached hydrogens (tertiary/aromatic N) is 2. The molecule has 0 saturated carbocycles. The summed E-state index contributed by atoms with van der Waals surface area (Å²) >= 11 is 0. The van der Waals surface area contributed by atoms with Crippen LogP contribution in [0.25, 0.3) is 0 Å². The second-order valence-electron chi connectivity index (χ2n) is 7.54. The number of furan rings is 1. The lowest BCUT2D eigenvalue weighted by Crippen LogP contribution is -2.57. The fraction of sp³-hybridized carbons (Fsp3) is 0.476. The number of piperidine rings is 1. The lowest BCUT2D eigenvalue weighted by Gasteiger charge is -2.40. The van der Waals surface area contributed by atoms with Crippen molar-refractivity contribution in [3.05, 3.63) is 59.0 Å². The molecule has 0 unspecified atom stereocenters. The average Bonchev–Trinajstić information content (AvgIpc) is 2.97. The van der Waals surface area contributed by atoms with E-state index in [0.717, 1.165) is 23.5 Å². The van der Waals surface area contributed by atoms with Crippen LogP contribution in [0.2, 0.25) is 0 Å². The van der Waals surface area contributed by atoms with E-state index in [0.29, 0.717) is 32.6 Å². The van der Waals surface area contributed by atoms with Gasteiger partial charge in [-0.05, 0) is 51.4 Å². The summed E-state index contributed by atoms with van der Waals surface area (Å²) in [6.45, 7) is 6.06. The monoisotopic (exact) mass is 356 g/mol. The van der Waals surface area contributed by atoms with Gasteiger partial charge in [0.2, 0.25) is 0 Å². The Labute approximate surface area is 155 Å². The minimum atomic E-state index is -1.33. The van der Waals surface area contributed by atoms with Crippen LogP contribution in [0.4, 0.5) is 0 Å². The molecule has 5 heteroatoms. The van der Waals surface area contributed by atoms with Gasteiger partial charge >= 0.3 is 0 Å². The van der Waals surface area contributed by atoms with E-state index in [4.69, 9.17) is 4.42 Å². The predicted octanol–water partition coefficient (Wildman–Crippen LogP) is 2.88. The highest BCUT2D eigenvalue weighted by Crippen LogP contribution is 2.26. The summed E-state index contributed by atoms with van der Waals surface area (Å²) in [7, 11) is 1.91. The second-order valence-corrected chi connectivity index (χ2v) is 7.54. The number of carbonyl (C=O) groups is 1. The van der Waals surface area contributed by atoms with Crippen LogP contribution in [0.5, 0.6) is 0 Å².